The highest BCUT2D eigenvalue weighted by atomic mass is 35.5. The quantitative estimate of drug-likeness (QED) is 0.271. The zero-order chi connectivity index (χ0) is 27.9. The first-order chi connectivity index (χ1) is 19.5. The van der Waals surface area contributed by atoms with Gasteiger partial charge in [-0.2, -0.15) is 0 Å². The Morgan fingerprint density at radius 2 is 1.18 bits per heavy atom. The molecule has 0 fully saturated rings. The van der Waals surface area contributed by atoms with Gasteiger partial charge in [0.15, 0.2) is 11.6 Å². The van der Waals surface area contributed by atoms with Crippen LogP contribution in [0.4, 0.5) is 0 Å². The first kappa shape index (κ1) is 26.9. The monoisotopic (exact) mass is 570 g/mol. The number of nitrogens with zero attached hydrogens (tertiary/aromatic N) is 4. The second-order valence-electron chi connectivity index (χ2n) is 8.83. The molecule has 8 nitrogen and oxygen atoms in total. The molecule has 0 saturated carbocycles. The number of pyridine rings is 2. The van der Waals surface area contributed by atoms with Gasteiger partial charge in [0, 0.05) is 58.8 Å². The fourth-order valence-corrected chi connectivity index (χ4v) is 4.54. The molecule has 4 heterocycles. The fraction of sp³-hybridized carbons (Fsp3) is 0.0667. The van der Waals surface area contributed by atoms with Gasteiger partial charge in [0.05, 0.1) is 0 Å². The van der Waals surface area contributed by atoms with Gasteiger partial charge in [-0.25, -0.2) is 19.3 Å². The molecular weight excluding hydrogens is 547 g/mol. The molecule has 0 aliphatic heterocycles. The van der Waals surface area contributed by atoms with Crippen LogP contribution in [0.3, 0.4) is 0 Å². The molecule has 10 heteroatoms. The van der Waals surface area contributed by atoms with Gasteiger partial charge in [-0.15, -0.1) is 0 Å². The number of H-pyrrole nitrogens is 2. The van der Waals surface area contributed by atoms with Gasteiger partial charge in [-0.1, -0.05) is 71.7 Å². The lowest BCUT2D eigenvalue weighted by atomic mass is 10.1. The van der Waals surface area contributed by atoms with Crippen LogP contribution in [-0.2, 0) is 12.8 Å². The van der Waals surface area contributed by atoms with Crippen molar-refractivity contribution < 1.29 is 0 Å². The van der Waals surface area contributed by atoms with E-state index in [2.05, 4.69) is 20.2 Å². The second-order valence-corrected chi connectivity index (χ2v) is 9.67. The van der Waals surface area contributed by atoms with Crippen molar-refractivity contribution in [3.8, 4) is 11.6 Å². The predicted molar refractivity (Wildman–Crippen MR) is 157 cm³/mol. The van der Waals surface area contributed by atoms with E-state index >= 15 is 0 Å². The van der Waals surface area contributed by atoms with Crippen molar-refractivity contribution in [2.24, 2.45) is 0 Å². The Morgan fingerprint density at radius 1 is 0.625 bits per heavy atom. The Balaban J connectivity index is 0.000000162. The van der Waals surface area contributed by atoms with Gasteiger partial charge < -0.3 is 0 Å². The number of aromatic nitrogens is 6. The summed E-state index contributed by atoms with van der Waals surface area (Å²) in [5, 5.41) is 6.99. The summed E-state index contributed by atoms with van der Waals surface area (Å²) in [5.74, 6) is 1.16. The van der Waals surface area contributed by atoms with Crippen LogP contribution in [0.2, 0.25) is 10.0 Å². The molecular formula is C30H24Cl2N6O2. The summed E-state index contributed by atoms with van der Waals surface area (Å²) in [6.07, 6.45) is 7.77. The van der Waals surface area contributed by atoms with E-state index in [0.29, 0.717) is 40.1 Å². The standard InChI is InChI=1S/C15H11Cl2N3O.C15H13N3O/c16-12-5-4-10(13(17)8-12)7-11-9-19-20(15(11)21)14-3-1-2-6-18-14;19-15-13(10-12-6-2-1-3-7-12)11-17-18(15)14-8-4-5-9-16-14/h1-6,8-9,19H,7H2;1-9,11,17H,10H2. The van der Waals surface area contributed by atoms with Crippen molar-refractivity contribution in [1.29, 1.82) is 0 Å². The van der Waals surface area contributed by atoms with E-state index in [1.54, 1.807) is 55.1 Å². The molecule has 0 atom stereocenters. The molecule has 0 bridgehead atoms. The van der Waals surface area contributed by atoms with Crippen LogP contribution in [0.1, 0.15) is 22.3 Å². The zero-order valence-corrected chi connectivity index (χ0v) is 22.7. The maximum absolute atomic E-state index is 12.4. The first-order valence-electron chi connectivity index (χ1n) is 12.4. The van der Waals surface area contributed by atoms with Crippen molar-refractivity contribution in [3.63, 3.8) is 0 Å². The minimum atomic E-state index is -0.139. The summed E-state index contributed by atoms with van der Waals surface area (Å²) in [6.45, 7) is 0. The highest BCUT2D eigenvalue weighted by Crippen LogP contribution is 2.22. The average Bonchev–Trinajstić information content (AvgIpc) is 3.53. The number of aromatic amines is 2. The molecule has 0 aliphatic carbocycles. The van der Waals surface area contributed by atoms with E-state index in [9.17, 15) is 9.59 Å². The number of halogens is 2. The summed E-state index contributed by atoms with van der Waals surface area (Å²) in [5.41, 5.74) is 3.13. The summed E-state index contributed by atoms with van der Waals surface area (Å²) < 4.78 is 2.86. The van der Waals surface area contributed by atoms with E-state index in [1.807, 2.05) is 54.6 Å². The Labute approximate surface area is 239 Å². The summed E-state index contributed by atoms with van der Waals surface area (Å²) >= 11 is 12.0. The third-order valence-electron chi connectivity index (χ3n) is 6.08. The van der Waals surface area contributed by atoms with Crippen LogP contribution in [0.5, 0.6) is 0 Å². The maximum Gasteiger partial charge on any atom is 0.276 e. The highest BCUT2D eigenvalue weighted by Gasteiger charge is 2.11. The van der Waals surface area contributed by atoms with Crippen LogP contribution in [0, 0.1) is 0 Å². The van der Waals surface area contributed by atoms with Gasteiger partial charge in [0.2, 0.25) is 0 Å². The van der Waals surface area contributed by atoms with Crippen molar-refractivity contribution in [2.45, 2.75) is 12.8 Å². The molecule has 4 aromatic heterocycles. The van der Waals surface area contributed by atoms with Gasteiger partial charge in [-0.3, -0.25) is 19.8 Å². The maximum atomic E-state index is 12.4. The van der Waals surface area contributed by atoms with E-state index < -0.39 is 0 Å². The third-order valence-corrected chi connectivity index (χ3v) is 6.67. The summed E-state index contributed by atoms with van der Waals surface area (Å²) in [4.78, 5) is 32.9. The molecule has 0 unspecified atom stereocenters. The zero-order valence-electron chi connectivity index (χ0n) is 21.2. The van der Waals surface area contributed by atoms with Crippen LogP contribution in [0.25, 0.3) is 11.6 Å². The number of benzene rings is 2. The average molecular weight is 571 g/mol. The molecule has 0 aliphatic rings. The molecule has 2 aromatic carbocycles. The van der Waals surface area contributed by atoms with E-state index in [1.165, 1.54) is 9.36 Å². The third kappa shape index (κ3) is 6.31. The van der Waals surface area contributed by atoms with E-state index in [0.717, 1.165) is 16.7 Å². The van der Waals surface area contributed by atoms with Crippen molar-refractivity contribution in [1.82, 2.24) is 29.5 Å². The molecule has 6 rings (SSSR count). The van der Waals surface area contributed by atoms with Crippen LogP contribution in [0.15, 0.2) is 119 Å². The van der Waals surface area contributed by atoms with Gasteiger partial charge in [-0.05, 0) is 47.5 Å². The van der Waals surface area contributed by atoms with E-state index in [4.69, 9.17) is 23.2 Å². The second kappa shape index (κ2) is 12.5. The normalized spacial score (nSPS) is 10.7. The lowest BCUT2D eigenvalue weighted by Crippen LogP contribution is -2.18. The van der Waals surface area contributed by atoms with Gasteiger partial charge in [0.25, 0.3) is 11.1 Å². The molecule has 6 aromatic rings. The number of nitrogens with one attached hydrogen (secondary N) is 2. The molecule has 0 amide bonds. The van der Waals surface area contributed by atoms with Gasteiger partial charge in [0.1, 0.15) is 0 Å². The lowest BCUT2D eigenvalue weighted by molar-refractivity contribution is 0.817. The van der Waals surface area contributed by atoms with Gasteiger partial charge >= 0.3 is 0 Å². The fourth-order valence-electron chi connectivity index (χ4n) is 4.06. The van der Waals surface area contributed by atoms with Crippen LogP contribution in [-0.4, -0.2) is 29.5 Å². The smallest absolute Gasteiger partial charge is 0.276 e. The lowest BCUT2D eigenvalue weighted by Gasteiger charge is -2.02. The molecule has 0 spiro atoms. The minimum absolute atomic E-state index is 0.0532. The largest absolute Gasteiger partial charge is 0.296 e. The predicted octanol–water partition coefficient (Wildman–Crippen LogP) is 5.61. The van der Waals surface area contributed by atoms with Crippen LogP contribution < -0.4 is 11.1 Å². The van der Waals surface area contributed by atoms with Crippen molar-refractivity contribution in [2.75, 3.05) is 0 Å². The Morgan fingerprint density at radius 3 is 1.70 bits per heavy atom. The van der Waals surface area contributed by atoms with Crippen molar-refractivity contribution in [3.05, 3.63) is 163 Å². The highest BCUT2D eigenvalue weighted by molar-refractivity contribution is 6.35. The molecule has 0 saturated heterocycles. The summed E-state index contributed by atoms with van der Waals surface area (Å²) in [6, 6.07) is 26.0. The van der Waals surface area contributed by atoms with E-state index in [-0.39, 0.29) is 11.1 Å². The number of hydrogen-bond acceptors (Lipinski definition) is 4. The molecule has 0 radical (unpaired) electrons. The molecule has 200 valence electrons. The Hall–Kier alpha value is -4.66. The van der Waals surface area contributed by atoms with Crippen molar-refractivity contribution >= 4 is 23.2 Å². The number of rotatable bonds is 6. The Kier molecular flexibility index (Phi) is 8.39. The molecule has 2 N–H and O–H groups in total. The molecule has 40 heavy (non-hydrogen) atoms. The summed E-state index contributed by atoms with van der Waals surface area (Å²) in [7, 11) is 0. The Bertz CT molecular complexity index is 1810. The first-order valence-corrected chi connectivity index (χ1v) is 13.1. The SMILES string of the molecule is O=c1c(Cc2ccc(Cl)cc2Cl)c[nH]n1-c1ccccn1.O=c1c(Cc2ccccc2)c[nH]n1-c1ccccn1. The van der Waals surface area contributed by atoms with Crippen LogP contribution >= 0.6 is 23.2 Å². The topological polar surface area (TPSA) is 101 Å². The number of hydrogen-bond donors (Lipinski definition) is 2. The minimum Gasteiger partial charge on any atom is -0.296 e.